The summed E-state index contributed by atoms with van der Waals surface area (Å²) in [5.74, 6) is -0.521. The van der Waals surface area contributed by atoms with E-state index in [-0.39, 0.29) is 11.8 Å². The zero-order valence-electron chi connectivity index (χ0n) is 11.5. The number of hydrogen-bond acceptors (Lipinski definition) is 4. The molecule has 6 heteroatoms. The molecule has 6 nitrogen and oxygen atoms in total. The quantitative estimate of drug-likeness (QED) is 0.708. The van der Waals surface area contributed by atoms with E-state index in [0.29, 0.717) is 24.3 Å². The van der Waals surface area contributed by atoms with E-state index in [1.165, 1.54) is 6.20 Å². The van der Waals surface area contributed by atoms with Gasteiger partial charge in [0.05, 0.1) is 11.3 Å². The molecule has 0 saturated heterocycles. The van der Waals surface area contributed by atoms with Crippen LogP contribution in [0.4, 0.5) is 5.69 Å². The summed E-state index contributed by atoms with van der Waals surface area (Å²) in [5, 5.41) is 8.39. The molecule has 1 aromatic rings. The van der Waals surface area contributed by atoms with Crippen molar-refractivity contribution in [2.24, 2.45) is 0 Å². The van der Waals surface area contributed by atoms with E-state index >= 15 is 0 Å². The molecule has 1 unspecified atom stereocenters. The summed E-state index contributed by atoms with van der Waals surface area (Å²) >= 11 is 0. The Kier molecular flexibility index (Phi) is 5.78. The molecular formula is C13H20N4O2. The first-order valence-electron chi connectivity index (χ1n) is 6.36. The Hall–Kier alpha value is -2.11. The van der Waals surface area contributed by atoms with Gasteiger partial charge < -0.3 is 16.0 Å². The lowest BCUT2D eigenvalue weighted by atomic mass is 10.2. The predicted octanol–water partition coefficient (Wildman–Crippen LogP) is 0.768. The number of amides is 2. The maximum absolute atomic E-state index is 12.1. The van der Waals surface area contributed by atoms with Crippen molar-refractivity contribution in [1.82, 2.24) is 15.6 Å². The molecule has 104 valence electrons. The third-order valence-electron chi connectivity index (χ3n) is 2.52. The molecule has 0 radical (unpaired) electrons. The van der Waals surface area contributed by atoms with E-state index in [0.717, 1.165) is 0 Å². The fourth-order valence-electron chi connectivity index (χ4n) is 1.59. The van der Waals surface area contributed by atoms with Crippen molar-refractivity contribution < 1.29 is 9.59 Å². The summed E-state index contributed by atoms with van der Waals surface area (Å²) in [7, 11) is 0. The molecule has 1 heterocycles. The number of likely N-dealkylation sites (N-methyl/N-ethyl adjacent to an activating group) is 1. The van der Waals surface area contributed by atoms with E-state index in [1.54, 1.807) is 19.2 Å². The van der Waals surface area contributed by atoms with Crippen LogP contribution in [0.25, 0.3) is 0 Å². The van der Waals surface area contributed by atoms with Crippen molar-refractivity contribution >= 4 is 17.5 Å². The van der Waals surface area contributed by atoms with Gasteiger partial charge in [0.1, 0.15) is 6.04 Å². The van der Waals surface area contributed by atoms with Crippen LogP contribution in [-0.2, 0) is 4.79 Å². The van der Waals surface area contributed by atoms with Crippen LogP contribution in [-0.4, -0.2) is 35.9 Å². The summed E-state index contributed by atoms with van der Waals surface area (Å²) in [6.45, 7) is 6.66. The molecule has 19 heavy (non-hydrogen) atoms. The van der Waals surface area contributed by atoms with Crippen LogP contribution in [0.5, 0.6) is 0 Å². The van der Waals surface area contributed by atoms with Crippen LogP contribution in [0.15, 0.2) is 18.5 Å². The average molecular weight is 264 g/mol. The number of pyridine rings is 1. The summed E-state index contributed by atoms with van der Waals surface area (Å²) in [6, 6.07) is 1.15. The summed E-state index contributed by atoms with van der Waals surface area (Å²) in [5.41, 5.74) is 1.14. The summed E-state index contributed by atoms with van der Waals surface area (Å²) < 4.78 is 0. The van der Waals surface area contributed by atoms with Crippen molar-refractivity contribution in [2.45, 2.75) is 26.8 Å². The van der Waals surface area contributed by atoms with E-state index in [9.17, 15) is 9.59 Å². The number of nitrogens with one attached hydrogen (secondary N) is 3. The molecule has 0 fully saturated rings. The minimum atomic E-state index is -0.581. The van der Waals surface area contributed by atoms with Crippen LogP contribution in [0.2, 0.25) is 0 Å². The average Bonchev–Trinajstić information content (AvgIpc) is 2.39. The van der Waals surface area contributed by atoms with Crippen LogP contribution >= 0.6 is 0 Å². The van der Waals surface area contributed by atoms with E-state index in [1.807, 2.05) is 13.8 Å². The molecule has 1 aromatic heterocycles. The highest BCUT2D eigenvalue weighted by Gasteiger charge is 2.17. The molecule has 0 saturated carbocycles. The maximum Gasteiger partial charge on any atom is 0.255 e. The lowest BCUT2D eigenvalue weighted by Crippen LogP contribution is -2.44. The van der Waals surface area contributed by atoms with Gasteiger partial charge in [0, 0.05) is 25.5 Å². The van der Waals surface area contributed by atoms with Crippen molar-refractivity contribution in [2.75, 3.05) is 18.4 Å². The molecule has 0 aromatic carbocycles. The smallest absolute Gasteiger partial charge is 0.255 e. The number of anilines is 1. The van der Waals surface area contributed by atoms with Crippen LogP contribution in [0.1, 0.15) is 31.1 Å². The van der Waals surface area contributed by atoms with Gasteiger partial charge in [0.2, 0.25) is 5.91 Å². The van der Waals surface area contributed by atoms with Crippen LogP contribution in [0.3, 0.4) is 0 Å². The second-order valence-corrected chi connectivity index (χ2v) is 4.04. The minimum Gasteiger partial charge on any atom is -0.385 e. The van der Waals surface area contributed by atoms with Gasteiger partial charge in [-0.05, 0) is 26.8 Å². The standard InChI is InChI=1S/C13H20N4O2/c1-4-15-11-6-7-14-8-10(11)13(19)17-9(3)12(18)16-5-2/h6-9H,4-5H2,1-3H3,(H,14,15)(H,16,18)(H,17,19). The largest absolute Gasteiger partial charge is 0.385 e. The van der Waals surface area contributed by atoms with Crippen LogP contribution in [0, 0.1) is 0 Å². The maximum atomic E-state index is 12.1. The minimum absolute atomic E-state index is 0.204. The number of hydrogen-bond donors (Lipinski definition) is 3. The van der Waals surface area contributed by atoms with E-state index < -0.39 is 6.04 Å². The van der Waals surface area contributed by atoms with Crippen LogP contribution < -0.4 is 16.0 Å². The molecule has 0 aliphatic heterocycles. The zero-order valence-corrected chi connectivity index (χ0v) is 11.5. The monoisotopic (exact) mass is 264 g/mol. The van der Waals surface area contributed by atoms with Gasteiger partial charge in [-0.1, -0.05) is 0 Å². The van der Waals surface area contributed by atoms with Crippen molar-refractivity contribution in [3.63, 3.8) is 0 Å². The third-order valence-corrected chi connectivity index (χ3v) is 2.52. The van der Waals surface area contributed by atoms with E-state index in [2.05, 4.69) is 20.9 Å². The van der Waals surface area contributed by atoms with Crippen molar-refractivity contribution in [3.8, 4) is 0 Å². The Balaban J connectivity index is 2.75. The van der Waals surface area contributed by atoms with Gasteiger partial charge in [0.25, 0.3) is 5.91 Å². The Morgan fingerprint density at radius 3 is 2.68 bits per heavy atom. The lowest BCUT2D eigenvalue weighted by Gasteiger charge is -2.15. The number of nitrogens with zero attached hydrogens (tertiary/aromatic N) is 1. The zero-order chi connectivity index (χ0) is 14.3. The molecule has 2 amide bonds. The molecule has 1 atom stereocenters. The second-order valence-electron chi connectivity index (χ2n) is 4.04. The first-order valence-corrected chi connectivity index (χ1v) is 6.36. The molecule has 0 spiro atoms. The third kappa shape index (κ3) is 4.24. The topological polar surface area (TPSA) is 83.1 Å². The number of carbonyl (C=O) groups is 2. The van der Waals surface area contributed by atoms with Gasteiger partial charge >= 0.3 is 0 Å². The fourth-order valence-corrected chi connectivity index (χ4v) is 1.59. The number of aromatic nitrogens is 1. The van der Waals surface area contributed by atoms with Gasteiger partial charge in [-0.25, -0.2) is 0 Å². The SMILES string of the molecule is CCNC(=O)C(C)NC(=O)c1cnccc1NCC. The lowest BCUT2D eigenvalue weighted by molar-refractivity contribution is -0.122. The van der Waals surface area contributed by atoms with Gasteiger partial charge in [-0.3, -0.25) is 14.6 Å². The normalized spacial score (nSPS) is 11.5. The predicted molar refractivity (Wildman–Crippen MR) is 74.0 cm³/mol. The molecular weight excluding hydrogens is 244 g/mol. The van der Waals surface area contributed by atoms with Gasteiger partial charge in [0.15, 0.2) is 0 Å². The highest BCUT2D eigenvalue weighted by Crippen LogP contribution is 2.13. The molecule has 0 aliphatic carbocycles. The number of carbonyl (C=O) groups excluding carboxylic acids is 2. The summed E-state index contributed by atoms with van der Waals surface area (Å²) in [6.07, 6.45) is 3.10. The highest BCUT2D eigenvalue weighted by molar-refractivity contribution is 6.01. The molecule has 0 bridgehead atoms. The summed E-state index contributed by atoms with van der Waals surface area (Å²) in [4.78, 5) is 27.6. The van der Waals surface area contributed by atoms with Gasteiger partial charge in [-0.2, -0.15) is 0 Å². The molecule has 1 rings (SSSR count). The molecule has 0 aliphatic rings. The van der Waals surface area contributed by atoms with E-state index in [4.69, 9.17) is 0 Å². The second kappa shape index (κ2) is 7.35. The first-order chi connectivity index (χ1) is 9.10. The molecule has 3 N–H and O–H groups in total. The Bertz CT molecular complexity index is 448. The Morgan fingerprint density at radius 1 is 1.32 bits per heavy atom. The fraction of sp³-hybridized carbons (Fsp3) is 0.462. The Morgan fingerprint density at radius 2 is 2.05 bits per heavy atom. The van der Waals surface area contributed by atoms with Crippen molar-refractivity contribution in [3.05, 3.63) is 24.0 Å². The first kappa shape index (κ1) is 14.9. The van der Waals surface area contributed by atoms with Crippen molar-refractivity contribution in [1.29, 1.82) is 0 Å². The Labute approximate surface area is 113 Å². The number of rotatable bonds is 6. The highest BCUT2D eigenvalue weighted by atomic mass is 16.2. The van der Waals surface area contributed by atoms with Gasteiger partial charge in [-0.15, -0.1) is 0 Å².